The molecule has 2 aromatic rings. The molecule has 0 aliphatic carbocycles. The van der Waals surface area contributed by atoms with Crippen LogP contribution in [0.5, 0.6) is 0 Å². The Morgan fingerprint density at radius 2 is 2.17 bits per heavy atom. The molecule has 160 valence electrons. The van der Waals surface area contributed by atoms with E-state index in [1.807, 2.05) is 0 Å². The minimum atomic E-state index is -5.74. The van der Waals surface area contributed by atoms with E-state index < -0.39 is 70.5 Å². The maximum atomic E-state index is 16.3. The van der Waals surface area contributed by atoms with Gasteiger partial charge in [0.25, 0.3) is 6.43 Å². The number of carbonyl (C=O) groups is 1. The molecule has 2 aromatic heterocycles. The van der Waals surface area contributed by atoms with Crippen LogP contribution in [0.1, 0.15) is 40.0 Å². The van der Waals surface area contributed by atoms with E-state index in [0.29, 0.717) is 0 Å². The molecule has 0 radical (unpaired) electrons. The van der Waals surface area contributed by atoms with Crippen LogP contribution in [0.4, 0.5) is 23.8 Å². The molecule has 9 nitrogen and oxygen atoms in total. The van der Waals surface area contributed by atoms with E-state index in [-0.39, 0.29) is 29.8 Å². The van der Waals surface area contributed by atoms with Crippen molar-refractivity contribution in [3.8, 4) is 0 Å². The highest BCUT2D eigenvalue weighted by Gasteiger charge is 2.50. The second-order valence-corrected chi connectivity index (χ2v) is 8.39. The van der Waals surface area contributed by atoms with E-state index in [1.165, 1.54) is 12.3 Å². The number of nitrogens with zero attached hydrogens (tertiary/aromatic N) is 4. The Bertz CT molecular complexity index is 1160. The summed E-state index contributed by atoms with van der Waals surface area (Å²) < 4.78 is 119. The molecule has 0 saturated carbocycles. The molecule has 3 heterocycles. The molecule has 0 aromatic carbocycles. The van der Waals surface area contributed by atoms with E-state index in [1.54, 1.807) is 0 Å². The third-order valence-corrected chi connectivity index (χ3v) is 6.58. The number of halogens is 3. The monoisotopic (exact) mass is 441 g/mol. The number of sulfone groups is 1. The van der Waals surface area contributed by atoms with Gasteiger partial charge < -0.3 is 9.42 Å². The van der Waals surface area contributed by atoms with E-state index >= 15 is 4.39 Å². The fourth-order valence-corrected chi connectivity index (χ4v) is 4.67. The molecule has 0 bridgehead atoms. The number of anilines is 1. The Hall–Kier alpha value is -2.57. The first-order valence-corrected chi connectivity index (χ1v) is 9.76. The van der Waals surface area contributed by atoms with Gasteiger partial charge in [0.1, 0.15) is 16.9 Å². The minimum absolute atomic E-state index is 0.0574. The summed E-state index contributed by atoms with van der Waals surface area (Å²) in [5.41, 5.74) is -1.57. The predicted molar refractivity (Wildman–Crippen MR) is 94.7 cm³/mol. The molecule has 1 aliphatic rings. The number of carbonyl (C=O) groups excluding carboxylic acids is 1. The third-order valence-electron chi connectivity index (χ3n) is 4.57. The highest BCUT2D eigenvalue weighted by Crippen LogP contribution is 2.41. The largest absolute Gasteiger partial charge is 0.363 e. The Balaban J connectivity index is 1.94. The Labute approximate surface area is 173 Å². The van der Waals surface area contributed by atoms with E-state index in [4.69, 9.17) is 8.22 Å². The summed E-state index contributed by atoms with van der Waals surface area (Å²) >= 11 is 0. The number of alkyl halides is 3. The summed E-state index contributed by atoms with van der Waals surface area (Å²) in [4.78, 5) is 12.0. The van der Waals surface area contributed by atoms with Gasteiger partial charge in [-0.05, 0) is 19.7 Å². The lowest BCUT2D eigenvalue weighted by atomic mass is 9.92. The SMILES string of the molecule is [2H]C([2H])([2H])n1cc(S(=O)(=O)[C@](F)(C2CCN(C(=O)Nc3ccon3)CC2)C([2H])([2H])[2H])c(C(F)F)n1. The lowest BCUT2D eigenvalue weighted by Crippen LogP contribution is -2.48. The molecule has 1 fully saturated rings. The van der Waals surface area contributed by atoms with Crippen molar-refractivity contribution < 1.29 is 39.1 Å². The molecule has 1 N–H and O–H groups in total. The second kappa shape index (κ2) is 7.69. The first-order chi connectivity index (χ1) is 16.0. The van der Waals surface area contributed by atoms with Crippen LogP contribution in [0.15, 0.2) is 27.9 Å². The molecule has 1 aliphatic heterocycles. The van der Waals surface area contributed by atoms with Crippen LogP contribution in [0.3, 0.4) is 0 Å². The van der Waals surface area contributed by atoms with Gasteiger partial charge in [0.05, 0.1) is 0 Å². The van der Waals surface area contributed by atoms with Crippen molar-refractivity contribution in [3.63, 3.8) is 0 Å². The quantitative estimate of drug-likeness (QED) is 0.764. The molecule has 3 rings (SSSR count). The number of piperidine rings is 1. The first kappa shape index (κ1) is 14.4. The smallest absolute Gasteiger partial charge is 0.323 e. The zero-order valence-corrected chi connectivity index (χ0v) is 15.5. The first-order valence-electron chi connectivity index (χ1n) is 11.3. The lowest BCUT2D eigenvalue weighted by Gasteiger charge is -2.37. The average Bonchev–Trinajstić information content (AvgIpc) is 3.42. The molecule has 13 heteroatoms. The van der Waals surface area contributed by atoms with E-state index in [9.17, 15) is 22.0 Å². The Morgan fingerprint density at radius 1 is 1.45 bits per heavy atom. The van der Waals surface area contributed by atoms with E-state index in [0.717, 1.165) is 4.90 Å². The highest BCUT2D eigenvalue weighted by atomic mass is 32.2. The van der Waals surface area contributed by atoms with Gasteiger partial charge in [0.15, 0.2) is 5.82 Å². The van der Waals surface area contributed by atoms with Gasteiger partial charge in [-0.3, -0.25) is 10.00 Å². The van der Waals surface area contributed by atoms with Gasteiger partial charge in [-0.1, -0.05) is 5.16 Å². The molecule has 1 atom stereocenters. The van der Waals surface area contributed by atoms with Crippen LogP contribution in [-0.4, -0.2) is 52.4 Å². The fourth-order valence-electron chi connectivity index (χ4n) is 3.03. The standard InChI is InChI=1S/C16H20F3N5O4S/c1-16(19,29(26,27)11-9-23(2)21-13(11)14(17)18)10-3-6-24(7-4-10)15(25)20-12-5-8-28-22-12/h5,8-10,14H,3-4,6-7H2,1-2H3,(H,20,22,25)/t16-/m0/s1/i1D3,2D3. The predicted octanol–water partition coefficient (Wildman–Crippen LogP) is 2.75. The van der Waals surface area contributed by atoms with Crippen LogP contribution in [0.25, 0.3) is 0 Å². The molecule has 0 spiro atoms. The molecule has 29 heavy (non-hydrogen) atoms. The fraction of sp³-hybridized carbons (Fsp3) is 0.562. The second-order valence-electron chi connectivity index (χ2n) is 6.35. The number of likely N-dealkylation sites (tertiary alicyclic amines) is 1. The van der Waals surface area contributed by atoms with Gasteiger partial charge in [-0.15, -0.1) is 0 Å². The average molecular weight is 441 g/mol. The zero-order valence-electron chi connectivity index (χ0n) is 20.7. The van der Waals surface area contributed by atoms with Crippen LogP contribution >= 0.6 is 0 Å². The Morgan fingerprint density at radius 3 is 2.72 bits per heavy atom. The van der Waals surface area contributed by atoms with Gasteiger partial charge in [0, 0.05) is 46.5 Å². The number of urea groups is 1. The molecule has 2 amide bonds. The number of nitrogens with one attached hydrogen (secondary N) is 1. The molecule has 1 saturated heterocycles. The van der Waals surface area contributed by atoms with Crippen molar-refractivity contribution >= 4 is 21.7 Å². The summed E-state index contributed by atoms with van der Waals surface area (Å²) in [6.07, 6.45) is -3.14. The lowest BCUT2D eigenvalue weighted by molar-refractivity contribution is 0.116. The maximum Gasteiger partial charge on any atom is 0.323 e. The van der Waals surface area contributed by atoms with Crippen LogP contribution in [0.2, 0.25) is 0 Å². The van der Waals surface area contributed by atoms with Crippen LogP contribution in [-0.2, 0) is 16.8 Å². The van der Waals surface area contributed by atoms with Crippen LogP contribution in [0, 0.1) is 5.92 Å². The van der Waals surface area contributed by atoms with Crippen molar-refractivity contribution in [2.24, 2.45) is 12.9 Å². The summed E-state index contributed by atoms with van der Waals surface area (Å²) in [5.74, 6) is -1.66. The van der Waals surface area contributed by atoms with Crippen molar-refractivity contribution in [1.29, 1.82) is 0 Å². The number of aromatic nitrogens is 3. The number of hydrogen-bond donors (Lipinski definition) is 1. The van der Waals surface area contributed by atoms with Crippen LogP contribution < -0.4 is 5.32 Å². The highest BCUT2D eigenvalue weighted by molar-refractivity contribution is 7.92. The minimum Gasteiger partial charge on any atom is -0.363 e. The van der Waals surface area contributed by atoms with Gasteiger partial charge in [0.2, 0.25) is 14.8 Å². The van der Waals surface area contributed by atoms with Crippen molar-refractivity contribution in [3.05, 3.63) is 24.2 Å². The van der Waals surface area contributed by atoms with Gasteiger partial charge in [-0.2, -0.15) is 5.10 Å². The Kier molecular flexibility index (Phi) is 3.82. The van der Waals surface area contributed by atoms with Crippen molar-refractivity contribution in [2.75, 3.05) is 18.4 Å². The topological polar surface area (TPSA) is 110 Å². The maximum absolute atomic E-state index is 16.3. The summed E-state index contributed by atoms with van der Waals surface area (Å²) in [7, 11) is -5.74. The van der Waals surface area contributed by atoms with Gasteiger partial charge >= 0.3 is 6.03 Å². The summed E-state index contributed by atoms with van der Waals surface area (Å²) in [6.45, 7) is -7.55. The third kappa shape index (κ3) is 3.95. The molecule has 0 unspecified atom stereocenters. The van der Waals surface area contributed by atoms with Crippen molar-refractivity contribution in [1.82, 2.24) is 19.8 Å². The molecular formula is C16H20F3N5O4S. The van der Waals surface area contributed by atoms with Crippen molar-refractivity contribution in [2.45, 2.75) is 36.0 Å². The number of rotatable bonds is 5. The number of hydrogen-bond acceptors (Lipinski definition) is 6. The van der Waals surface area contributed by atoms with E-state index in [2.05, 4.69) is 20.1 Å². The molecular weight excluding hydrogens is 415 g/mol. The number of aryl methyl sites for hydroxylation is 1. The summed E-state index contributed by atoms with van der Waals surface area (Å²) in [5, 5.41) is 4.86. The zero-order chi connectivity index (χ0) is 26.4. The van der Waals surface area contributed by atoms with Gasteiger partial charge in [-0.25, -0.2) is 26.4 Å². The number of amides is 2. The summed E-state index contributed by atoms with van der Waals surface area (Å²) in [6, 6.07) is 0.663. The normalized spacial score (nSPS) is 22.0.